The van der Waals surface area contributed by atoms with E-state index in [2.05, 4.69) is 19.8 Å². The summed E-state index contributed by atoms with van der Waals surface area (Å²) in [5, 5.41) is 0. The Morgan fingerprint density at radius 1 is 1.05 bits per heavy atom. The van der Waals surface area contributed by atoms with Gasteiger partial charge in [-0.1, -0.05) is 12.1 Å². The van der Waals surface area contributed by atoms with Gasteiger partial charge in [-0.25, -0.2) is 14.4 Å². The Morgan fingerprint density at radius 2 is 1.77 bits per heavy atom. The van der Waals surface area contributed by atoms with Gasteiger partial charge in [0.05, 0.1) is 0 Å². The lowest BCUT2D eigenvalue weighted by molar-refractivity contribution is -0.00483. The molecule has 0 bridgehead atoms. The minimum absolute atomic E-state index is 0.171. The monoisotopic (exact) mass is 298 g/mol. The molecule has 0 N–H and O–H groups in total. The number of anilines is 1. The van der Waals surface area contributed by atoms with Crippen molar-refractivity contribution in [3.63, 3.8) is 0 Å². The van der Waals surface area contributed by atoms with Gasteiger partial charge in [-0.2, -0.15) is 0 Å². The number of benzene rings is 1. The number of halogens is 1. The molecule has 5 heteroatoms. The van der Waals surface area contributed by atoms with Gasteiger partial charge in [-0.15, -0.1) is 0 Å². The molecular formula is C17H19FN4. The van der Waals surface area contributed by atoms with E-state index in [1.54, 1.807) is 24.5 Å². The van der Waals surface area contributed by atoms with Crippen molar-refractivity contribution in [1.82, 2.24) is 14.9 Å². The molecule has 3 heterocycles. The van der Waals surface area contributed by atoms with E-state index in [-0.39, 0.29) is 11.4 Å². The van der Waals surface area contributed by atoms with Gasteiger partial charge < -0.3 is 4.90 Å². The highest BCUT2D eigenvalue weighted by Crippen LogP contribution is 2.40. The van der Waals surface area contributed by atoms with Crippen LogP contribution in [0.25, 0.3) is 0 Å². The van der Waals surface area contributed by atoms with Gasteiger partial charge in [-0.05, 0) is 36.6 Å². The summed E-state index contributed by atoms with van der Waals surface area (Å²) in [5.74, 6) is 0.656. The maximum absolute atomic E-state index is 13.0. The van der Waals surface area contributed by atoms with Gasteiger partial charge >= 0.3 is 0 Å². The van der Waals surface area contributed by atoms with Crippen molar-refractivity contribution < 1.29 is 4.39 Å². The van der Waals surface area contributed by atoms with Crippen LogP contribution < -0.4 is 4.90 Å². The van der Waals surface area contributed by atoms with Crippen LogP contribution in [0.5, 0.6) is 0 Å². The third-order valence-corrected chi connectivity index (χ3v) is 4.97. The second-order valence-corrected chi connectivity index (χ2v) is 6.24. The van der Waals surface area contributed by atoms with Crippen molar-refractivity contribution in [3.8, 4) is 0 Å². The highest BCUT2D eigenvalue weighted by atomic mass is 19.1. The van der Waals surface area contributed by atoms with Gasteiger partial charge in [0.1, 0.15) is 5.82 Å². The predicted octanol–water partition coefficient (Wildman–Crippen LogP) is 2.47. The van der Waals surface area contributed by atoms with E-state index < -0.39 is 0 Å². The summed E-state index contributed by atoms with van der Waals surface area (Å²) in [5.41, 5.74) is 1.42. The molecule has 1 spiro atoms. The highest BCUT2D eigenvalue weighted by Gasteiger charge is 2.49. The van der Waals surface area contributed by atoms with Gasteiger partial charge in [0.15, 0.2) is 0 Å². The van der Waals surface area contributed by atoms with Crippen LogP contribution in [-0.2, 0) is 6.54 Å². The van der Waals surface area contributed by atoms with Gasteiger partial charge in [0.25, 0.3) is 0 Å². The Labute approximate surface area is 129 Å². The maximum atomic E-state index is 13.0. The molecular weight excluding hydrogens is 279 g/mol. The molecule has 2 aromatic rings. The molecule has 4 nitrogen and oxygen atoms in total. The first kappa shape index (κ1) is 13.6. The van der Waals surface area contributed by atoms with Crippen LogP contribution in [-0.4, -0.2) is 40.0 Å². The fraction of sp³-hybridized carbons (Fsp3) is 0.412. The van der Waals surface area contributed by atoms with Crippen molar-refractivity contribution in [2.75, 3.05) is 24.5 Å². The molecule has 2 aliphatic heterocycles. The minimum Gasteiger partial charge on any atom is -0.339 e. The van der Waals surface area contributed by atoms with Crippen LogP contribution in [0.15, 0.2) is 42.7 Å². The van der Waals surface area contributed by atoms with Gasteiger partial charge in [0, 0.05) is 44.1 Å². The van der Waals surface area contributed by atoms with Crippen molar-refractivity contribution in [2.45, 2.75) is 24.9 Å². The summed E-state index contributed by atoms with van der Waals surface area (Å²) in [6.45, 7) is 3.99. The molecule has 1 atom stereocenters. The lowest BCUT2D eigenvalue weighted by atomic mass is 9.83. The van der Waals surface area contributed by atoms with Gasteiger partial charge in [-0.3, -0.25) is 4.90 Å². The normalized spacial score (nSPS) is 24.7. The molecule has 0 saturated carbocycles. The average Bonchev–Trinajstić information content (AvgIpc) is 3.02. The van der Waals surface area contributed by atoms with E-state index in [9.17, 15) is 4.39 Å². The van der Waals surface area contributed by atoms with Crippen LogP contribution in [0.3, 0.4) is 0 Å². The van der Waals surface area contributed by atoms with E-state index in [1.165, 1.54) is 12.0 Å². The zero-order valence-corrected chi connectivity index (χ0v) is 12.5. The summed E-state index contributed by atoms with van der Waals surface area (Å²) in [6, 6.07) is 8.70. The number of rotatable bonds is 3. The van der Waals surface area contributed by atoms with Crippen molar-refractivity contribution in [1.29, 1.82) is 0 Å². The summed E-state index contributed by atoms with van der Waals surface area (Å²) in [6.07, 6.45) is 5.96. The molecule has 0 unspecified atom stereocenters. The second kappa shape index (κ2) is 5.32. The van der Waals surface area contributed by atoms with E-state index in [4.69, 9.17) is 0 Å². The molecule has 22 heavy (non-hydrogen) atoms. The molecule has 114 valence electrons. The lowest BCUT2D eigenvalue weighted by Crippen LogP contribution is -2.60. The van der Waals surface area contributed by atoms with Crippen molar-refractivity contribution in [3.05, 3.63) is 54.1 Å². The first-order valence-corrected chi connectivity index (χ1v) is 7.77. The number of hydrogen-bond acceptors (Lipinski definition) is 4. The first-order valence-electron chi connectivity index (χ1n) is 7.77. The predicted molar refractivity (Wildman–Crippen MR) is 83.0 cm³/mol. The fourth-order valence-corrected chi connectivity index (χ4v) is 3.59. The molecule has 0 amide bonds. The maximum Gasteiger partial charge on any atom is 0.225 e. The summed E-state index contributed by atoms with van der Waals surface area (Å²) >= 11 is 0. The zero-order chi connectivity index (χ0) is 15.0. The topological polar surface area (TPSA) is 32.3 Å². The highest BCUT2D eigenvalue weighted by molar-refractivity contribution is 5.34. The number of likely N-dealkylation sites (tertiary alicyclic amines) is 1. The summed E-state index contributed by atoms with van der Waals surface area (Å²) < 4.78 is 13.0. The Bertz CT molecular complexity index is 645. The lowest BCUT2D eigenvalue weighted by Gasteiger charge is -2.50. The van der Waals surface area contributed by atoms with Crippen LogP contribution in [0.2, 0.25) is 0 Å². The third kappa shape index (κ3) is 2.35. The molecule has 1 aromatic heterocycles. The Balaban J connectivity index is 1.45. The van der Waals surface area contributed by atoms with Crippen LogP contribution in [0.4, 0.5) is 10.3 Å². The second-order valence-electron chi connectivity index (χ2n) is 6.24. The van der Waals surface area contributed by atoms with Crippen molar-refractivity contribution >= 4 is 5.95 Å². The summed E-state index contributed by atoms with van der Waals surface area (Å²) in [7, 11) is 0. The third-order valence-electron chi connectivity index (χ3n) is 4.97. The molecule has 2 saturated heterocycles. The smallest absolute Gasteiger partial charge is 0.225 e. The van der Waals surface area contributed by atoms with E-state index in [1.807, 2.05) is 18.2 Å². The molecule has 1 aromatic carbocycles. The van der Waals surface area contributed by atoms with E-state index >= 15 is 0 Å². The fourth-order valence-electron chi connectivity index (χ4n) is 3.59. The molecule has 2 fully saturated rings. The van der Waals surface area contributed by atoms with E-state index in [0.29, 0.717) is 0 Å². The molecule has 2 aliphatic rings. The standard InChI is InChI=1S/C17H19FN4/c18-15-4-2-14(3-5-15)12-22-11-7-17(22)6-10-21(13-17)16-19-8-1-9-20-16/h1-5,8-9H,6-7,10-13H2/t17-/m0/s1. The Kier molecular flexibility index (Phi) is 3.30. The number of nitrogens with zero attached hydrogens (tertiary/aromatic N) is 4. The Morgan fingerprint density at radius 3 is 2.45 bits per heavy atom. The minimum atomic E-state index is -0.171. The van der Waals surface area contributed by atoms with Crippen LogP contribution in [0.1, 0.15) is 18.4 Å². The zero-order valence-electron chi connectivity index (χ0n) is 12.5. The van der Waals surface area contributed by atoms with Crippen LogP contribution in [0, 0.1) is 5.82 Å². The number of hydrogen-bond donors (Lipinski definition) is 0. The summed E-state index contributed by atoms with van der Waals surface area (Å²) in [4.78, 5) is 13.5. The molecule has 0 aliphatic carbocycles. The van der Waals surface area contributed by atoms with E-state index in [0.717, 1.165) is 38.5 Å². The Hall–Kier alpha value is -2.01. The quantitative estimate of drug-likeness (QED) is 0.871. The van der Waals surface area contributed by atoms with Crippen LogP contribution >= 0.6 is 0 Å². The SMILES string of the molecule is Fc1ccc(CN2CC[C@]23CCN(c2ncccn2)C3)cc1. The van der Waals surface area contributed by atoms with Crippen molar-refractivity contribution in [2.24, 2.45) is 0 Å². The molecule has 0 radical (unpaired) electrons. The average molecular weight is 298 g/mol. The first-order chi connectivity index (χ1) is 10.8. The molecule has 4 rings (SSSR count). The largest absolute Gasteiger partial charge is 0.339 e. The van der Waals surface area contributed by atoms with Gasteiger partial charge in [0.2, 0.25) is 5.95 Å². The number of aromatic nitrogens is 2.